The number of anilines is 2. The Hall–Kier alpha value is -2.88. The van der Waals surface area contributed by atoms with E-state index in [1.165, 1.54) is 25.0 Å². The number of β-amino-alcohol motifs (C(OH)–C–C–N with tert-alkyl or cyclic N) is 1. The Balaban J connectivity index is 1.68. The molecule has 2 N–H and O–H groups in total. The summed E-state index contributed by atoms with van der Waals surface area (Å²) in [7, 11) is 1.41. The Morgan fingerprint density at radius 1 is 1.46 bits per heavy atom. The van der Waals surface area contributed by atoms with Gasteiger partial charge in [0.15, 0.2) is 0 Å². The van der Waals surface area contributed by atoms with Gasteiger partial charge in [-0.25, -0.2) is 9.18 Å². The number of oxime groups is 1. The number of aliphatic hydroxyl groups is 1. The third-order valence-corrected chi connectivity index (χ3v) is 4.66. The van der Waals surface area contributed by atoms with Crippen LogP contribution in [0.2, 0.25) is 0 Å². The van der Waals surface area contributed by atoms with E-state index in [-0.39, 0.29) is 25.5 Å². The third-order valence-electron chi connectivity index (χ3n) is 4.66. The molecular formula is C18H23FN4O5. The minimum Gasteiger partial charge on any atom is -0.442 e. The molecule has 0 saturated carbocycles. The second-order valence-corrected chi connectivity index (χ2v) is 6.67. The summed E-state index contributed by atoms with van der Waals surface area (Å²) in [4.78, 5) is 30.8. The van der Waals surface area contributed by atoms with Gasteiger partial charge in [-0.05, 0) is 18.2 Å². The molecule has 1 aromatic carbocycles. The summed E-state index contributed by atoms with van der Waals surface area (Å²) >= 11 is 0. The topological polar surface area (TPSA) is 104 Å². The van der Waals surface area contributed by atoms with Gasteiger partial charge in [-0.15, -0.1) is 0 Å². The Morgan fingerprint density at radius 3 is 2.89 bits per heavy atom. The molecule has 0 aliphatic carbocycles. The van der Waals surface area contributed by atoms with E-state index in [0.29, 0.717) is 30.1 Å². The minimum atomic E-state index is -0.837. The molecule has 9 nitrogen and oxygen atoms in total. The van der Waals surface area contributed by atoms with E-state index in [1.807, 2.05) is 0 Å². The number of piperidine rings is 1. The number of ether oxygens (including phenoxy) is 1. The van der Waals surface area contributed by atoms with Crippen LogP contribution in [0.15, 0.2) is 23.4 Å². The highest BCUT2D eigenvalue weighted by Crippen LogP contribution is 2.29. The van der Waals surface area contributed by atoms with Gasteiger partial charge in [-0.2, -0.15) is 0 Å². The molecule has 0 radical (unpaired) electrons. The highest BCUT2D eigenvalue weighted by Gasteiger charge is 2.33. The molecule has 0 spiro atoms. The number of hydrogen-bond acceptors (Lipinski definition) is 7. The number of benzene rings is 1. The van der Waals surface area contributed by atoms with Gasteiger partial charge in [-0.3, -0.25) is 9.69 Å². The number of hydrogen-bond donors (Lipinski definition) is 2. The zero-order valence-corrected chi connectivity index (χ0v) is 15.7. The number of carbonyl (C=O) groups excluding carboxylic acids is 2. The van der Waals surface area contributed by atoms with Gasteiger partial charge in [0, 0.05) is 26.4 Å². The molecule has 1 aromatic rings. The van der Waals surface area contributed by atoms with E-state index in [4.69, 9.17) is 9.57 Å². The first-order chi connectivity index (χ1) is 13.4. The summed E-state index contributed by atoms with van der Waals surface area (Å²) in [5.41, 5.74) is 1.23. The molecule has 2 aliphatic heterocycles. The number of amides is 2. The minimum absolute atomic E-state index is 0.197. The molecule has 0 bridgehead atoms. The van der Waals surface area contributed by atoms with Gasteiger partial charge in [0.1, 0.15) is 25.1 Å². The largest absolute Gasteiger partial charge is 0.442 e. The first kappa shape index (κ1) is 19.9. The molecule has 2 amide bonds. The molecule has 10 heteroatoms. The summed E-state index contributed by atoms with van der Waals surface area (Å²) in [5.74, 6) is -0.720. The van der Waals surface area contributed by atoms with Crippen LogP contribution < -0.4 is 15.1 Å². The number of nitrogens with one attached hydrogen (secondary N) is 1. The van der Waals surface area contributed by atoms with Crippen molar-refractivity contribution in [3.8, 4) is 0 Å². The quantitative estimate of drug-likeness (QED) is 0.718. The summed E-state index contributed by atoms with van der Waals surface area (Å²) in [5, 5.41) is 16.5. The van der Waals surface area contributed by atoms with E-state index >= 15 is 0 Å². The van der Waals surface area contributed by atoms with Crippen LogP contribution in [0.3, 0.4) is 0 Å². The lowest BCUT2D eigenvalue weighted by Crippen LogP contribution is -2.44. The molecule has 28 heavy (non-hydrogen) atoms. The molecule has 0 aromatic heterocycles. The van der Waals surface area contributed by atoms with Crippen molar-refractivity contribution in [2.75, 3.05) is 43.1 Å². The molecule has 2 fully saturated rings. The number of carbonyl (C=O) groups is 2. The Kier molecular flexibility index (Phi) is 5.98. The SMILES string of the molecule is CON=C1CCN(c2ccc(N3CC(CNC(C)=O)OC3=O)cc2F)CC1O. The lowest BCUT2D eigenvalue weighted by Gasteiger charge is -2.33. The Morgan fingerprint density at radius 2 is 2.25 bits per heavy atom. The summed E-state index contributed by atoms with van der Waals surface area (Å²) in [6.45, 7) is 2.49. The van der Waals surface area contributed by atoms with Gasteiger partial charge >= 0.3 is 6.09 Å². The smallest absolute Gasteiger partial charge is 0.414 e. The van der Waals surface area contributed by atoms with Crippen molar-refractivity contribution in [3.63, 3.8) is 0 Å². The van der Waals surface area contributed by atoms with Crippen LogP contribution in [-0.2, 0) is 14.4 Å². The van der Waals surface area contributed by atoms with Crippen LogP contribution in [0, 0.1) is 5.82 Å². The fraction of sp³-hybridized carbons (Fsp3) is 0.500. The van der Waals surface area contributed by atoms with Crippen LogP contribution in [0.4, 0.5) is 20.6 Å². The van der Waals surface area contributed by atoms with Gasteiger partial charge in [0.25, 0.3) is 0 Å². The van der Waals surface area contributed by atoms with E-state index in [9.17, 15) is 19.1 Å². The van der Waals surface area contributed by atoms with Crippen LogP contribution in [0.25, 0.3) is 0 Å². The van der Waals surface area contributed by atoms with E-state index in [1.54, 1.807) is 17.0 Å². The molecule has 3 rings (SSSR count). The number of nitrogens with zero attached hydrogens (tertiary/aromatic N) is 3. The zero-order valence-electron chi connectivity index (χ0n) is 15.7. The summed E-state index contributed by atoms with van der Waals surface area (Å²) < 4.78 is 19.9. The molecule has 2 saturated heterocycles. The third kappa shape index (κ3) is 4.33. The van der Waals surface area contributed by atoms with Crippen molar-refractivity contribution >= 4 is 29.1 Å². The lowest BCUT2D eigenvalue weighted by molar-refractivity contribution is -0.119. The molecule has 2 unspecified atom stereocenters. The van der Waals surface area contributed by atoms with Gasteiger partial charge in [0.2, 0.25) is 5.91 Å². The van der Waals surface area contributed by atoms with Crippen LogP contribution in [0.5, 0.6) is 0 Å². The average molecular weight is 394 g/mol. The van der Waals surface area contributed by atoms with Gasteiger partial charge < -0.3 is 24.9 Å². The van der Waals surface area contributed by atoms with E-state index in [0.717, 1.165) is 0 Å². The lowest BCUT2D eigenvalue weighted by atomic mass is 10.0. The second kappa shape index (κ2) is 8.42. The van der Waals surface area contributed by atoms with E-state index in [2.05, 4.69) is 10.5 Å². The molecular weight excluding hydrogens is 371 g/mol. The van der Waals surface area contributed by atoms with Crippen molar-refractivity contribution in [2.45, 2.75) is 25.6 Å². The number of cyclic esters (lactones) is 1. The molecule has 2 heterocycles. The number of rotatable bonds is 5. The number of aliphatic hydroxyl groups excluding tert-OH is 1. The first-order valence-corrected chi connectivity index (χ1v) is 8.94. The fourth-order valence-corrected chi connectivity index (χ4v) is 3.28. The van der Waals surface area contributed by atoms with Crippen molar-refractivity contribution in [3.05, 3.63) is 24.0 Å². The van der Waals surface area contributed by atoms with E-state index < -0.39 is 24.1 Å². The second-order valence-electron chi connectivity index (χ2n) is 6.67. The predicted octanol–water partition coefficient (Wildman–Crippen LogP) is 0.860. The first-order valence-electron chi connectivity index (χ1n) is 8.94. The highest BCUT2D eigenvalue weighted by atomic mass is 19.1. The standard InChI is InChI=1S/C18H23FN4O5/c1-11(24)20-8-13-9-23(18(26)28-13)12-3-4-16(14(19)7-12)22-6-5-15(21-27-2)17(25)10-22/h3-4,7,13,17,25H,5-6,8-10H2,1-2H3,(H,20,24). The Bertz CT molecular complexity index is 787. The maximum atomic E-state index is 14.7. The van der Waals surface area contributed by atoms with Crippen molar-refractivity contribution < 1.29 is 28.7 Å². The monoisotopic (exact) mass is 394 g/mol. The van der Waals surface area contributed by atoms with Crippen molar-refractivity contribution in [2.24, 2.45) is 5.16 Å². The molecule has 2 aliphatic rings. The maximum Gasteiger partial charge on any atom is 0.414 e. The van der Waals surface area contributed by atoms with Crippen LogP contribution in [-0.4, -0.2) is 68.3 Å². The average Bonchev–Trinajstić information content (AvgIpc) is 3.02. The normalized spacial score (nSPS) is 23.7. The van der Waals surface area contributed by atoms with Gasteiger partial charge in [0.05, 0.1) is 30.2 Å². The van der Waals surface area contributed by atoms with Gasteiger partial charge in [-0.1, -0.05) is 5.16 Å². The number of halogens is 1. The highest BCUT2D eigenvalue weighted by molar-refractivity contribution is 5.91. The molecule has 2 atom stereocenters. The predicted molar refractivity (Wildman–Crippen MR) is 100.0 cm³/mol. The van der Waals surface area contributed by atoms with Crippen molar-refractivity contribution in [1.29, 1.82) is 0 Å². The fourth-order valence-electron chi connectivity index (χ4n) is 3.28. The Labute approximate surface area is 161 Å². The maximum absolute atomic E-state index is 14.7. The van der Waals surface area contributed by atoms with Crippen LogP contribution >= 0.6 is 0 Å². The molecule has 152 valence electrons. The van der Waals surface area contributed by atoms with Crippen LogP contribution in [0.1, 0.15) is 13.3 Å². The zero-order chi connectivity index (χ0) is 20.3. The van der Waals surface area contributed by atoms with Crippen molar-refractivity contribution in [1.82, 2.24) is 5.32 Å². The summed E-state index contributed by atoms with van der Waals surface area (Å²) in [6.07, 6.45) is -1.46. The summed E-state index contributed by atoms with van der Waals surface area (Å²) in [6, 6.07) is 4.47.